The standard InChI is InChI=1S/C15H14F5N5/c16-11-7-21-8-12(17)10(11)9-24-3-5-25(6-4-24)14-22-2-1-13(23-14)15(18,19)20/h1-2,7-8H,3-6,9H2. The van der Waals surface area contributed by atoms with E-state index in [9.17, 15) is 22.0 Å². The molecule has 0 saturated carbocycles. The number of hydrogen-bond acceptors (Lipinski definition) is 5. The Kier molecular flexibility index (Phi) is 4.80. The van der Waals surface area contributed by atoms with Crippen molar-refractivity contribution in [3.63, 3.8) is 0 Å². The Labute approximate surface area is 140 Å². The fourth-order valence-electron chi connectivity index (χ4n) is 2.58. The molecule has 1 saturated heterocycles. The van der Waals surface area contributed by atoms with Gasteiger partial charge in [0.25, 0.3) is 0 Å². The van der Waals surface area contributed by atoms with Gasteiger partial charge in [0, 0.05) is 44.5 Å². The Morgan fingerprint density at radius 3 is 2.24 bits per heavy atom. The molecule has 0 aromatic carbocycles. The first-order valence-electron chi connectivity index (χ1n) is 7.50. The second kappa shape index (κ2) is 6.87. The molecule has 1 fully saturated rings. The summed E-state index contributed by atoms with van der Waals surface area (Å²) in [6, 6.07) is 0.814. The average molecular weight is 359 g/mol. The number of hydrogen-bond donors (Lipinski definition) is 0. The SMILES string of the molecule is Fc1cncc(F)c1CN1CCN(c2nccc(C(F)(F)F)n2)CC1. The molecule has 25 heavy (non-hydrogen) atoms. The van der Waals surface area contributed by atoms with E-state index >= 15 is 0 Å². The van der Waals surface area contributed by atoms with Gasteiger partial charge in [0.05, 0.1) is 12.4 Å². The van der Waals surface area contributed by atoms with Crippen LogP contribution in [0.5, 0.6) is 0 Å². The van der Waals surface area contributed by atoms with E-state index in [0.717, 1.165) is 24.7 Å². The number of rotatable bonds is 3. The van der Waals surface area contributed by atoms with Crippen LogP contribution in [-0.2, 0) is 12.7 Å². The van der Waals surface area contributed by atoms with Crippen LogP contribution in [0.15, 0.2) is 24.7 Å². The zero-order valence-corrected chi connectivity index (χ0v) is 13.0. The molecule has 2 aromatic rings. The molecular weight excluding hydrogens is 345 g/mol. The number of anilines is 1. The van der Waals surface area contributed by atoms with Crippen LogP contribution in [0, 0.1) is 11.6 Å². The maximum Gasteiger partial charge on any atom is 0.433 e. The van der Waals surface area contributed by atoms with Crippen LogP contribution in [0.3, 0.4) is 0 Å². The fourth-order valence-corrected chi connectivity index (χ4v) is 2.58. The van der Waals surface area contributed by atoms with Gasteiger partial charge in [-0.2, -0.15) is 13.2 Å². The molecule has 5 nitrogen and oxygen atoms in total. The Morgan fingerprint density at radius 1 is 1.00 bits per heavy atom. The van der Waals surface area contributed by atoms with Crippen LogP contribution >= 0.6 is 0 Å². The van der Waals surface area contributed by atoms with Crippen LogP contribution in [-0.4, -0.2) is 46.0 Å². The smallest absolute Gasteiger partial charge is 0.338 e. The highest BCUT2D eigenvalue weighted by Crippen LogP contribution is 2.28. The van der Waals surface area contributed by atoms with Crippen molar-refractivity contribution in [1.29, 1.82) is 0 Å². The van der Waals surface area contributed by atoms with E-state index in [1.54, 1.807) is 4.90 Å². The monoisotopic (exact) mass is 359 g/mol. The summed E-state index contributed by atoms with van der Waals surface area (Å²) in [4.78, 5) is 14.3. The molecular formula is C15H14F5N5. The molecule has 0 amide bonds. The number of halogens is 5. The zero-order chi connectivity index (χ0) is 18.0. The van der Waals surface area contributed by atoms with Crippen molar-refractivity contribution in [2.45, 2.75) is 12.7 Å². The van der Waals surface area contributed by atoms with Gasteiger partial charge in [-0.1, -0.05) is 0 Å². The molecule has 10 heteroatoms. The molecule has 3 heterocycles. The van der Waals surface area contributed by atoms with Crippen molar-refractivity contribution in [2.24, 2.45) is 0 Å². The van der Waals surface area contributed by atoms with Crippen molar-refractivity contribution in [3.8, 4) is 0 Å². The largest absolute Gasteiger partial charge is 0.433 e. The summed E-state index contributed by atoms with van der Waals surface area (Å²) in [5.41, 5.74) is -1.07. The molecule has 0 atom stereocenters. The Bertz CT molecular complexity index is 723. The second-order valence-electron chi connectivity index (χ2n) is 5.58. The lowest BCUT2D eigenvalue weighted by atomic mass is 10.2. The van der Waals surface area contributed by atoms with Gasteiger partial charge in [-0.25, -0.2) is 18.7 Å². The van der Waals surface area contributed by atoms with Crippen molar-refractivity contribution >= 4 is 5.95 Å². The fraction of sp³-hybridized carbons (Fsp3) is 0.400. The van der Waals surface area contributed by atoms with Crippen molar-refractivity contribution in [1.82, 2.24) is 19.9 Å². The van der Waals surface area contributed by atoms with Crippen molar-refractivity contribution < 1.29 is 22.0 Å². The van der Waals surface area contributed by atoms with Gasteiger partial charge < -0.3 is 4.90 Å². The van der Waals surface area contributed by atoms with Crippen LogP contribution in [0.1, 0.15) is 11.3 Å². The summed E-state index contributed by atoms with van der Waals surface area (Å²) in [6.45, 7) is 1.62. The molecule has 0 bridgehead atoms. The summed E-state index contributed by atoms with van der Waals surface area (Å²) >= 11 is 0. The van der Waals surface area contributed by atoms with Gasteiger partial charge in [0.1, 0.15) is 17.3 Å². The number of pyridine rings is 1. The van der Waals surface area contributed by atoms with Gasteiger partial charge in [-0.15, -0.1) is 0 Å². The maximum atomic E-state index is 13.6. The van der Waals surface area contributed by atoms with Crippen molar-refractivity contribution in [2.75, 3.05) is 31.1 Å². The summed E-state index contributed by atoms with van der Waals surface area (Å²) in [6.07, 6.45) is -1.56. The molecule has 134 valence electrons. The minimum Gasteiger partial charge on any atom is -0.338 e. The van der Waals surface area contributed by atoms with E-state index in [1.807, 2.05) is 4.90 Å². The van der Waals surface area contributed by atoms with Crippen molar-refractivity contribution in [3.05, 3.63) is 47.5 Å². The molecule has 1 aliphatic rings. The minimum atomic E-state index is -4.53. The first-order valence-corrected chi connectivity index (χ1v) is 7.50. The quantitative estimate of drug-likeness (QED) is 0.788. The normalized spacial score (nSPS) is 16.3. The van der Waals surface area contributed by atoms with Gasteiger partial charge >= 0.3 is 6.18 Å². The second-order valence-corrected chi connectivity index (χ2v) is 5.58. The number of aromatic nitrogens is 3. The van der Waals surface area contributed by atoms with Gasteiger partial charge in [-0.3, -0.25) is 9.88 Å². The predicted molar refractivity (Wildman–Crippen MR) is 78.7 cm³/mol. The molecule has 0 radical (unpaired) electrons. The summed E-state index contributed by atoms with van der Waals surface area (Å²) < 4.78 is 65.4. The van der Waals surface area contributed by atoms with Crippen LogP contribution < -0.4 is 4.90 Å². The first-order chi connectivity index (χ1) is 11.8. The Morgan fingerprint density at radius 2 is 1.64 bits per heavy atom. The maximum absolute atomic E-state index is 13.6. The Balaban J connectivity index is 1.64. The summed E-state index contributed by atoms with van der Waals surface area (Å²) in [5.74, 6) is -1.44. The average Bonchev–Trinajstić information content (AvgIpc) is 2.58. The molecule has 2 aromatic heterocycles. The third-order valence-corrected chi connectivity index (χ3v) is 3.92. The van der Waals surface area contributed by atoms with E-state index in [1.165, 1.54) is 0 Å². The van der Waals surface area contributed by atoms with Gasteiger partial charge in [0.2, 0.25) is 5.95 Å². The lowest BCUT2D eigenvalue weighted by molar-refractivity contribution is -0.141. The Hall–Kier alpha value is -2.36. The van der Waals surface area contributed by atoms with E-state index in [0.29, 0.717) is 26.2 Å². The lowest BCUT2D eigenvalue weighted by Gasteiger charge is -2.34. The third-order valence-electron chi connectivity index (χ3n) is 3.92. The number of piperazine rings is 1. The topological polar surface area (TPSA) is 45.2 Å². The van der Waals surface area contributed by atoms with E-state index in [4.69, 9.17) is 0 Å². The van der Waals surface area contributed by atoms with Gasteiger partial charge in [0.15, 0.2) is 0 Å². The molecule has 0 spiro atoms. The molecule has 0 aliphatic carbocycles. The number of nitrogens with zero attached hydrogens (tertiary/aromatic N) is 5. The molecule has 3 rings (SSSR count). The number of alkyl halides is 3. The van der Waals surface area contributed by atoms with Gasteiger partial charge in [-0.05, 0) is 6.07 Å². The minimum absolute atomic E-state index is 0.00394. The lowest BCUT2D eigenvalue weighted by Crippen LogP contribution is -2.46. The van der Waals surface area contributed by atoms with Crippen LogP contribution in [0.25, 0.3) is 0 Å². The van der Waals surface area contributed by atoms with Crippen LogP contribution in [0.4, 0.5) is 27.9 Å². The van der Waals surface area contributed by atoms with E-state index in [-0.39, 0.29) is 18.1 Å². The van der Waals surface area contributed by atoms with Crippen LogP contribution in [0.2, 0.25) is 0 Å². The highest BCUT2D eigenvalue weighted by atomic mass is 19.4. The highest BCUT2D eigenvalue weighted by Gasteiger charge is 2.33. The summed E-state index contributed by atoms with van der Waals surface area (Å²) in [5, 5.41) is 0. The van der Waals surface area contributed by atoms with E-state index < -0.39 is 23.5 Å². The zero-order valence-electron chi connectivity index (χ0n) is 13.0. The third kappa shape index (κ3) is 4.01. The van der Waals surface area contributed by atoms with E-state index in [2.05, 4.69) is 15.0 Å². The summed E-state index contributed by atoms with van der Waals surface area (Å²) in [7, 11) is 0. The predicted octanol–water partition coefficient (Wildman–Crippen LogP) is 2.49. The molecule has 1 aliphatic heterocycles. The first kappa shape index (κ1) is 17.5. The molecule has 0 unspecified atom stereocenters. The highest BCUT2D eigenvalue weighted by molar-refractivity contribution is 5.32. The molecule has 0 N–H and O–H groups in total.